The summed E-state index contributed by atoms with van der Waals surface area (Å²) in [5.74, 6) is 1.44. The van der Waals surface area contributed by atoms with Gasteiger partial charge in [-0.15, -0.1) is 0 Å². The third-order valence-corrected chi connectivity index (χ3v) is 4.52. The Kier molecular flexibility index (Phi) is 5.11. The normalized spacial score (nSPS) is 10.8. The van der Waals surface area contributed by atoms with Crippen molar-refractivity contribution >= 4 is 16.7 Å². The van der Waals surface area contributed by atoms with Crippen molar-refractivity contribution < 1.29 is 9.15 Å². The lowest BCUT2D eigenvalue weighted by Crippen LogP contribution is -2.03. The Hall–Kier alpha value is -3.53. The Balaban J connectivity index is 1.54. The lowest BCUT2D eigenvalue weighted by atomic mass is 10.1. The van der Waals surface area contributed by atoms with Crippen molar-refractivity contribution in [3.05, 3.63) is 94.6 Å². The van der Waals surface area contributed by atoms with E-state index in [1.807, 2.05) is 79.7 Å². The Morgan fingerprint density at radius 2 is 1.71 bits per heavy atom. The predicted molar refractivity (Wildman–Crippen MR) is 113 cm³/mol. The van der Waals surface area contributed by atoms with Gasteiger partial charge in [0.15, 0.2) is 5.43 Å². The molecule has 0 unspecified atom stereocenters. The standard InChI is InChI=1S/C24H21NO3/c1-2-27-20-11-8-17(9-12-20)16-25-19-10-13-23-21(14-19)22(26)15-24(28-23)18-6-4-3-5-7-18/h3-15,25H,2,16H2,1H3. The van der Waals surface area contributed by atoms with Gasteiger partial charge in [0.1, 0.15) is 17.1 Å². The van der Waals surface area contributed by atoms with E-state index in [9.17, 15) is 4.79 Å². The van der Waals surface area contributed by atoms with E-state index in [0.29, 0.717) is 29.9 Å². The van der Waals surface area contributed by atoms with Crippen LogP contribution in [0.1, 0.15) is 12.5 Å². The van der Waals surface area contributed by atoms with E-state index >= 15 is 0 Å². The molecule has 4 rings (SSSR count). The number of rotatable bonds is 6. The van der Waals surface area contributed by atoms with Gasteiger partial charge in [-0.2, -0.15) is 0 Å². The zero-order valence-corrected chi connectivity index (χ0v) is 15.6. The molecule has 4 heteroatoms. The fourth-order valence-electron chi connectivity index (χ4n) is 3.09. The van der Waals surface area contributed by atoms with Gasteiger partial charge in [-0.25, -0.2) is 0 Å². The molecule has 0 aliphatic rings. The SMILES string of the molecule is CCOc1ccc(CNc2ccc3oc(-c4ccccc4)cc(=O)c3c2)cc1. The van der Waals surface area contributed by atoms with Crippen LogP contribution in [-0.4, -0.2) is 6.61 Å². The second-order valence-electron chi connectivity index (χ2n) is 6.48. The largest absolute Gasteiger partial charge is 0.494 e. The highest BCUT2D eigenvalue weighted by Crippen LogP contribution is 2.24. The van der Waals surface area contributed by atoms with Gasteiger partial charge in [-0.3, -0.25) is 4.79 Å². The van der Waals surface area contributed by atoms with E-state index in [1.165, 1.54) is 0 Å². The average Bonchev–Trinajstić information content (AvgIpc) is 2.74. The molecule has 0 spiro atoms. The Bertz CT molecular complexity index is 1130. The first-order chi connectivity index (χ1) is 13.7. The third kappa shape index (κ3) is 3.91. The van der Waals surface area contributed by atoms with Crippen LogP contribution in [0.15, 0.2) is 88.1 Å². The molecule has 0 atom stereocenters. The summed E-state index contributed by atoms with van der Waals surface area (Å²) in [4.78, 5) is 12.6. The first-order valence-corrected chi connectivity index (χ1v) is 9.32. The van der Waals surface area contributed by atoms with Crippen LogP contribution in [0.4, 0.5) is 5.69 Å². The number of hydrogen-bond acceptors (Lipinski definition) is 4. The van der Waals surface area contributed by atoms with Crippen LogP contribution in [0.5, 0.6) is 5.75 Å². The van der Waals surface area contributed by atoms with E-state index in [1.54, 1.807) is 6.07 Å². The van der Waals surface area contributed by atoms with Crippen molar-refractivity contribution in [1.82, 2.24) is 0 Å². The van der Waals surface area contributed by atoms with E-state index in [2.05, 4.69) is 5.32 Å². The summed E-state index contributed by atoms with van der Waals surface area (Å²) in [5.41, 5.74) is 3.43. The smallest absolute Gasteiger partial charge is 0.193 e. The molecule has 4 nitrogen and oxygen atoms in total. The monoisotopic (exact) mass is 371 g/mol. The summed E-state index contributed by atoms with van der Waals surface area (Å²) in [6.07, 6.45) is 0. The first kappa shape index (κ1) is 17.9. The van der Waals surface area contributed by atoms with Crippen molar-refractivity contribution in [3.8, 4) is 17.1 Å². The molecule has 0 bridgehead atoms. The summed E-state index contributed by atoms with van der Waals surface area (Å²) in [5, 5.41) is 3.92. The van der Waals surface area contributed by atoms with Crippen LogP contribution < -0.4 is 15.5 Å². The molecule has 140 valence electrons. The quantitative estimate of drug-likeness (QED) is 0.488. The van der Waals surface area contributed by atoms with Gasteiger partial charge in [0.25, 0.3) is 0 Å². The van der Waals surface area contributed by atoms with E-state index in [0.717, 1.165) is 22.6 Å². The van der Waals surface area contributed by atoms with Gasteiger partial charge < -0.3 is 14.5 Å². The summed E-state index contributed by atoms with van der Waals surface area (Å²) >= 11 is 0. The molecule has 0 fully saturated rings. The lowest BCUT2D eigenvalue weighted by Gasteiger charge is -2.09. The maximum Gasteiger partial charge on any atom is 0.193 e. The molecule has 1 N–H and O–H groups in total. The maximum absolute atomic E-state index is 12.6. The fraction of sp³-hybridized carbons (Fsp3) is 0.125. The highest BCUT2D eigenvalue weighted by Gasteiger charge is 2.07. The van der Waals surface area contributed by atoms with Crippen molar-refractivity contribution in [2.75, 3.05) is 11.9 Å². The second kappa shape index (κ2) is 8.01. The topological polar surface area (TPSA) is 51.5 Å². The van der Waals surface area contributed by atoms with E-state index < -0.39 is 0 Å². The number of ether oxygens (including phenoxy) is 1. The van der Waals surface area contributed by atoms with Crippen LogP contribution in [0.25, 0.3) is 22.3 Å². The molecule has 0 saturated heterocycles. The van der Waals surface area contributed by atoms with Gasteiger partial charge in [0.2, 0.25) is 0 Å². The number of anilines is 1. The molecule has 1 aromatic heterocycles. The minimum atomic E-state index is -0.0511. The van der Waals surface area contributed by atoms with Crippen LogP contribution in [-0.2, 0) is 6.54 Å². The molecule has 28 heavy (non-hydrogen) atoms. The summed E-state index contributed by atoms with van der Waals surface area (Å²) in [6, 6.07) is 24.8. The number of benzene rings is 3. The van der Waals surface area contributed by atoms with Crippen LogP contribution in [0.3, 0.4) is 0 Å². The van der Waals surface area contributed by atoms with Gasteiger partial charge in [0.05, 0.1) is 12.0 Å². The third-order valence-electron chi connectivity index (χ3n) is 4.52. The van der Waals surface area contributed by atoms with Crippen molar-refractivity contribution in [2.45, 2.75) is 13.5 Å². The van der Waals surface area contributed by atoms with Crippen molar-refractivity contribution in [3.63, 3.8) is 0 Å². The highest BCUT2D eigenvalue weighted by atomic mass is 16.5. The van der Waals surface area contributed by atoms with Gasteiger partial charge in [-0.05, 0) is 42.8 Å². The zero-order chi connectivity index (χ0) is 19.3. The van der Waals surface area contributed by atoms with Crippen LogP contribution >= 0.6 is 0 Å². The van der Waals surface area contributed by atoms with Crippen molar-refractivity contribution in [1.29, 1.82) is 0 Å². The Morgan fingerprint density at radius 1 is 0.929 bits per heavy atom. The lowest BCUT2D eigenvalue weighted by molar-refractivity contribution is 0.340. The van der Waals surface area contributed by atoms with Gasteiger partial charge in [-0.1, -0.05) is 42.5 Å². The van der Waals surface area contributed by atoms with Gasteiger partial charge >= 0.3 is 0 Å². The number of nitrogens with one attached hydrogen (secondary N) is 1. The maximum atomic E-state index is 12.6. The van der Waals surface area contributed by atoms with E-state index in [4.69, 9.17) is 9.15 Å². The molecular formula is C24H21NO3. The second-order valence-corrected chi connectivity index (χ2v) is 6.48. The molecule has 3 aromatic carbocycles. The molecular weight excluding hydrogens is 350 g/mol. The Morgan fingerprint density at radius 3 is 2.46 bits per heavy atom. The first-order valence-electron chi connectivity index (χ1n) is 9.32. The summed E-state index contributed by atoms with van der Waals surface area (Å²) in [6.45, 7) is 3.28. The zero-order valence-electron chi connectivity index (χ0n) is 15.6. The molecule has 0 aliphatic carbocycles. The minimum Gasteiger partial charge on any atom is -0.494 e. The highest BCUT2D eigenvalue weighted by molar-refractivity contribution is 5.82. The minimum absolute atomic E-state index is 0.0511. The fourth-order valence-corrected chi connectivity index (χ4v) is 3.09. The summed E-state index contributed by atoms with van der Waals surface area (Å²) < 4.78 is 11.4. The molecule has 0 amide bonds. The molecule has 4 aromatic rings. The van der Waals surface area contributed by atoms with Crippen LogP contribution in [0, 0.1) is 0 Å². The van der Waals surface area contributed by atoms with E-state index in [-0.39, 0.29) is 5.43 Å². The van der Waals surface area contributed by atoms with Gasteiger partial charge in [0, 0.05) is 23.9 Å². The summed E-state index contributed by atoms with van der Waals surface area (Å²) in [7, 11) is 0. The van der Waals surface area contributed by atoms with Crippen LogP contribution in [0.2, 0.25) is 0 Å². The molecule has 0 aliphatic heterocycles. The predicted octanol–water partition coefficient (Wildman–Crippen LogP) is 5.47. The number of hydrogen-bond donors (Lipinski definition) is 1. The molecule has 1 heterocycles. The van der Waals surface area contributed by atoms with Crippen molar-refractivity contribution in [2.24, 2.45) is 0 Å². The average molecular weight is 371 g/mol. The molecule has 0 radical (unpaired) electrons. The Labute approximate surface area is 163 Å². The molecule has 0 saturated carbocycles. The number of fused-ring (bicyclic) bond motifs is 1.